The van der Waals surface area contributed by atoms with E-state index < -0.39 is 43.4 Å². The molecule has 0 spiro atoms. The molecule has 0 saturated heterocycles. The number of pyridine rings is 1. The minimum absolute atomic E-state index is 0.0684. The van der Waals surface area contributed by atoms with Gasteiger partial charge in [0.1, 0.15) is 29.5 Å². The normalized spacial score (nSPS) is 14.4. The Labute approximate surface area is 164 Å². The van der Waals surface area contributed by atoms with Crippen molar-refractivity contribution in [1.82, 2.24) is 4.98 Å². The Balaban J connectivity index is 3.65. The van der Waals surface area contributed by atoms with Gasteiger partial charge in [-0.2, -0.15) is 4.90 Å². The molecule has 0 radical (unpaired) electrons. The summed E-state index contributed by atoms with van der Waals surface area (Å²) in [7, 11) is -5.85. The molecular formula is C18H29N2O6P. The SMILES string of the molecule is [2H]C([2H])([2H])Oc1nc(P(C)(C)=O)ccc1N(C(=O)OC(C)(C)C)C(=O)OC(C)(C)C. The van der Waals surface area contributed by atoms with Crippen molar-refractivity contribution >= 4 is 30.5 Å². The van der Waals surface area contributed by atoms with Crippen molar-refractivity contribution in [3.05, 3.63) is 12.1 Å². The van der Waals surface area contributed by atoms with Crippen molar-refractivity contribution < 1.29 is 32.5 Å². The molecule has 1 aromatic heterocycles. The molecule has 1 rings (SSSR count). The summed E-state index contributed by atoms with van der Waals surface area (Å²) in [4.78, 5) is 30.1. The van der Waals surface area contributed by atoms with E-state index in [4.69, 9.17) is 18.3 Å². The lowest BCUT2D eigenvalue weighted by atomic mass is 10.2. The van der Waals surface area contributed by atoms with E-state index in [1.165, 1.54) is 25.5 Å². The third-order valence-corrected chi connectivity index (χ3v) is 4.22. The third-order valence-electron chi connectivity index (χ3n) is 2.87. The number of methoxy groups -OCH3 is 1. The lowest BCUT2D eigenvalue weighted by molar-refractivity contribution is 0.0429. The summed E-state index contributed by atoms with van der Waals surface area (Å²) < 4.78 is 50.0. The Bertz CT molecular complexity index is 825. The number of carbonyl (C=O) groups is 2. The smallest absolute Gasteiger partial charge is 0.424 e. The van der Waals surface area contributed by atoms with Crippen LogP contribution in [0.4, 0.5) is 15.3 Å². The van der Waals surface area contributed by atoms with Crippen LogP contribution < -0.4 is 15.1 Å². The van der Waals surface area contributed by atoms with E-state index in [1.807, 2.05) is 0 Å². The van der Waals surface area contributed by atoms with Gasteiger partial charge in [0.15, 0.2) is 0 Å². The van der Waals surface area contributed by atoms with Crippen LogP contribution in [0.25, 0.3) is 0 Å². The van der Waals surface area contributed by atoms with Gasteiger partial charge < -0.3 is 18.8 Å². The maximum absolute atomic E-state index is 12.8. The van der Waals surface area contributed by atoms with Crippen LogP contribution in [0.5, 0.6) is 5.88 Å². The number of hydrogen-bond acceptors (Lipinski definition) is 7. The highest BCUT2D eigenvalue weighted by Gasteiger charge is 2.35. The van der Waals surface area contributed by atoms with Gasteiger partial charge in [0.25, 0.3) is 0 Å². The summed E-state index contributed by atoms with van der Waals surface area (Å²) in [6.07, 6.45) is -2.23. The fraction of sp³-hybridized carbons (Fsp3) is 0.611. The van der Waals surface area contributed by atoms with E-state index in [-0.39, 0.29) is 11.1 Å². The van der Waals surface area contributed by atoms with Crippen LogP contribution in [0.1, 0.15) is 45.7 Å². The molecule has 8 nitrogen and oxygen atoms in total. The van der Waals surface area contributed by atoms with Crippen LogP contribution in [-0.2, 0) is 14.0 Å². The first kappa shape index (κ1) is 18.3. The Morgan fingerprint density at radius 1 is 1.04 bits per heavy atom. The van der Waals surface area contributed by atoms with E-state index in [0.717, 1.165) is 0 Å². The summed E-state index contributed by atoms with van der Waals surface area (Å²) in [5.41, 5.74) is -2.16. The van der Waals surface area contributed by atoms with E-state index in [0.29, 0.717) is 4.90 Å². The molecule has 0 bridgehead atoms. The fourth-order valence-corrected chi connectivity index (χ4v) is 2.62. The summed E-state index contributed by atoms with van der Waals surface area (Å²) in [6.45, 7) is 12.5. The second-order valence-corrected chi connectivity index (χ2v) is 11.4. The van der Waals surface area contributed by atoms with Gasteiger partial charge in [-0.15, -0.1) is 0 Å². The van der Waals surface area contributed by atoms with Gasteiger partial charge in [0, 0.05) is 0 Å². The minimum atomic E-state index is -2.95. The number of anilines is 1. The summed E-state index contributed by atoms with van der Waals surface area (Å²) in [5.74, 6) is -0.576. The molecule has 0 aliphatic rings. The van der Waals surface area contributed by atoms with Gasteiger partial charge in [-0.05, 0) is 67.0 Å². The number of carbonyl (C=O) groups excluding carboxylic acids is 2. The average molecular weight is 403 g/mol. The molecule has 0 aromatic carbocycles. The molecule has 27 heavy (non-hydrogen) atoms. The van der Waals surface area contributed by atoms with Crippen LogP contribution in [0, 0.1) is 0 Å². The molecule has 0 atom stereocenters. The summed E-state index contributed by atoms with van der Waals surface area (Å²) in [5, 5.41) is 0. The first-order chi connectivity index (χ1) is 13.2. The summed E-state index contributed by atoms with van der Waals surface area (Å²) >= 11 is 0. The minimum Gasteiger partial charge on any atom is -0.479 e. The molecule has 2 amide bonds. The van der Waals surface area contributed by atoms with Crippen LogP contribution in [-0.4, -0.2) is 48.7 Å². The van der Waals surface area contributed by atoms with Crippen LogP contribution in [0.15, 0.2) is 12.1 Å². The van der Waals surface area contributed by atoms with Crippen molar-refractivity contribution in [2.45, 2.75) is 52.7 Å². The van der Waals surface area contributed by atoms with Gasteiger partial charge in [0.05, 0.1) is 11.2 Å². The topological polar surface area (TPSA) is 95.0 Å². The quantitative estimate of drug-likeness (QED) is 0.704. The Morgan fingerprint density at radius 3 is 1.89 bits per heavy atom. The number of rotatable bonds is 3. The predicted octanol–water partition coefficient (Wildman–Crippen LogP) is 4.01. The molecule has 0 saturated carbocycles. The highest BCUT2D eigenvalue weighted by molar-refractivity contribution is 7.69. The number of ether oxygens (including phenoxy) is 3. The second kappa shape index (κ2) is 7.89. The number of nitrogens with zero attached hydrogens (tertiary/aromatic N) is 2. The van der Waals surface area contributed by atoms with E-state index >= 15 is 0 Å². The Morgan fingerprint density at radius 2 is 1.52 bits per heavy atom. The van der Waals surface area contributed by atoms with E-state index in [9.17, 15) is 14.2 Å². The standard InChI is InChI=1S/C18H29N2O6P/c1-17(2,3)25-15(21)20(16(22)26-18(4,5)6)12-10-11-13(27(8,9)23)19-14(12)24-7/h10-11H,1-9H3/i7D3. The van der Waals surface area contributed by atoms with Crippen LogP contribution in [0.3, 0.4) is 0 Å². The van der Waals surface area contributed by atoms with Crippen molar-refractivity contribution in [3.8, 4) is 5.88 Å². The molecule has 0 N–H and O–H groups in total. The molecule has 0 aliphatic heterocycles. The van der Waals surface area contributed by atoms with Gasteiger partial charge in [-0.1, -0.05) is 0 Å². The van der Waals surface area contributed by atoms with Crippen molar-refractivity contribution in [2.24, 2.45) is 0 Å². The summed E-state index contributed by atoms with van der Waals surface area (Å²) in [6, 6.07) is 2.54. The molecular weight excluding hydrogens is 371 g/mol. The zero-order valence-electron chi connectivity index (χ0n) is 19.9. The number of imide groups is 1. The lowest BCUT2D eigenvalue weighted by Crippen LogP contribution is -2.44. The largest absolute Gasteiger partial charge is 0.479 e. The second-order valence-electron chi connectivity index (χ2n) is 8.24. The van der Waals surface area contributed by atoms with E-state index in [1.54, 1.807) is 41.5 Å². The molecule has 152 valence electrons. The first-order valence-electron chi connectivity index (χ1n) is 9.71. The fourth-order valence-electron chi connectivity index (χ4n) is 1.85. The highest BCUT2D eigenvalue weighted by Crippen LogP contribution is 2.36. The van der Waals surface area contributed by atoms with Gasteiger partial charge in [-0.25, -0.2) is 14.6 Å². The maximum atomic E-state index is 12.8. The van der Waals surface area contributed by atoms with Gasteiger partial charge >= 0.3 is 12.2 Å². The van der Waals surface area contributed by atoms with Crippen LogP contribution in [0.2, 0.25) is 0 Å². The third kappa shape index (κ3) is 6.86. The van der Waals surface area contributed by atoms with Crippen molar-refractivity contribution in [3.63, 3.8) is 0 Å². The molecule has 1 aromatic rings. The van der Waals surface area contributed by atoms with Gasteiger partial charge in [0.2, 0.25) is 5.88 Å². The van der Waals surface area contributed by atoms with Crippen molar-refractivity contribution in [1.29, 1.82) is 0 Å². The lowest BCUT2D eigenvalue weighted by Gasteiger charge is -2.29. The zero-order chi connectivity index (χ0) is 23.7. The molecule has 0 aliphatic carbocycles. The number of amides is 2. The van der Waals surface area contributed by atoms with Gasteiger partial charge in [-0.3, -0.25) is 0 Å². The zero-order valence-corrected chi connectivity index (χ0v) is 17.8. The van der Waals surface area contributed by atoms with Crippen molar-refractivity contribution in [2.75, 3.05) is 25.3 Å². The Hall–Kier alpha value is -2.08. The molecule has 0 unspecified atom stereocenters. The number of hydrogen-bond donors (Lipinski definition) is 0. The first-order valence-corrected chi connectivity index (χ1v) is 10.8. The molecule has 9 heteroatoms. The number of aromatic nitrogens is 1. The highest BCUT2D eigenvalue weighted by atomic mass is 31.2. The monoisotopic (exact) mass is 403 g/mol. The Kier molecular flexibility index (Phi) is 5.34. The van der Waals surface area contributed by atoms with E-state index in [2.05, 4.69) is 4.98 Å². The molecule has 1 heterocycles. The molecule has 0 fully saturated rings. The predicted molar refractivity (Wildman–Crippen MR) is 105 cm³/mol. The average Bonchev–Trinajstić information content (AvgIpc) is 2.42. The van der Waals surface area contributed by atoms with Crippen LogP contribution >= 0.6 is 7.14 Å². The maximum Gasteiger partial charge on any atom is 0.424 e.